The summed E-state index contributed by atoms with van der Waals surface area (Å²) in [5, 5.41) is 0. The molecule has 4 nitrogen and oxygen atoms in total. The molecule has 0 fully saturated rings. The molecule has 0 aromatic heterocycles. The van der Waals surface area contributed by atoms with Gasteiger partial charge in [0.1, 0.15) is 0 Å². The molecule has 0 saturated heterocycles. The van der Waals surface area contributed by atoms with E-state index in [9.17, 15) is 18.1 Å². The monoisotopic (exact) mass is 160 g/mol. The third-order valence-electron chi connectivity index (χ3n) is 0.254. The van der Waals surface area contributed by atoms with Crippen LogP contribution in [0.3, 0.4) is 0 Å². The fourth-order valence-corrected chi connectivity index (χ4v) is 0.0958. The molecule has 0 aromatic rings. The van der Waals surface area contributed by atoms with E-state index >= 15 is 0 Å². The molecule has 0 unspecified atom stereocenters. The molecule has 9 heavy (non-hydrogen) atoms. The Bertz CT molecular complexity index is 87.0. The van der Waals surface area contributed by atoms with Gasteiger partial charge in [-0.05, 0) is 13.6 Å². The van der Waals surface area contributed by atoms with Gasteiger partial charge >= 0.3 is 26.7 Å². The first kappa shape index (κ1) is 12.2. The van der Waals surface area contributed by atoms with E-state index in [-0.39, 0.29) is 18.9 Å². The van der Waals surface area contributed by atoms with Gasteiger partial charge in [0.25, 0.3) is 0 Å². The Morgan fingerprint density at radius 3 is 1.22 bits per heavy atom. The van der Waals surface area contributed by atoms with Crippen LogP contribution in [0.15, 0.2) is 0 Å². The van der Waals surface area contributed by atoms with Gasteiger partial charge in [0, 0.05) is 0 Å². The van der Waals surface area contributed by atoms with Crippen LogP contribution in [-0.2, 0) is 18.8 Å². The van der Waals surface area contributed by atoms with E-state index in [0.717, 1.165) is 0 Å². The third-order valence-corrected chi connectivity index (χ3v) is 0.761. The number of hydrogen-bond acceptors (Lipinski definition) is 4. The van der Waals surface area contributed by atoms with Crippen LogP contribution < -0.4 is 0 Å². The molecule has 0 spiro atoms. The van der Waals surface area contributed by atoms with Gasteiger partial charge in [0.05, 0.1) is 0 Å². The molecular formula is HF3LiO4P. The maximum absolute atomic E-state index is 10.5. The van der Waals surface area contributed by atoms with E-state index in [0.29, 0.717) is 0 Å². The third kappa shape index (κ3) is 3.98. The fourth-order valence-electron chi connectivity index (χ4n) is 0.0319. The van der Waals surface area contributed by atoms with Gasteiger partial charge in [-0.1, -0.05) is 14.2 Å². The van der Waals surface area contributed by atoms with E-state index in [1.807, 2.05) is 0 Å². The van der Waals surface area contributed by atoms with Crippen LogP contribution in [-0.4, -0.2) is 18.9 Å². The Labute approximate surface area is 59.8 Å². The van der Waals surface area contributed by atoms with E-state index in [1.54, 1.807) is 0 Å². The van der Waals surface area contributed by atoms with Crippen molar-refractivity contribution in [2.75, 3.05) is 0 Å². The Hall–Kier alpha value is 0.497. The summed E-state index contributed by atoms with van der Waals surface area (Å²) < 4.78 is 47.5. The zero-order valence-corrected chi connectivity index (χ0v) is 4.11. The van der Waals surface area contributed by atoms with Gasteiger partial charge in [-0.2, -0.15) is 0 Å². The average molecular weight is 160 g/mol. The van der Waals surface area contributed by atoms with Gasteiger partial charge < -0.3 is 0 Å². The normalized spacial score (nSPS) is 10.6. The summed E-state index contributed by atoms with van der Waals surface area (Å²) in [6.07, 6.45) is 0. The zero-order valence-electron chi connectivity index (χ0n) is 3.21. The molecule has 0 aliphatic heterocycles. The number of phosphoric acid groups is 1. The van der Waals surface area contributed by atoms with Crippen molar-refractivity contribution in [1.82, 2.24) is 0 Å². The second-order valence-corrected chi connectivity index (χ2v) is 1.96. The molecular weight excluding hydrogens is 159 g/mol. The number of halogens is 3. The van der Waals surface area contributed by atoms with E-state index in [1.165, 1.54) is 0 Å². The Morgan fingerprint density at radius 1 is 1.00 bits per heavy atom. The first-order valence-electron chi connectivity index (χ1n) is 1.19. The predicted octanol–water partition coefficient (Wildman–Crippen LogP) is 1.15. The van der Waals surface area contributed by atoms with Crippen LogP contribution in [0.25, 0.3) is 0 Å². The topological polar surface area (TPSA) is 44.8 Å². The minimum atomic E-state index is -5.16. The van der Waals surface area contributed by atoms with Crippen LogP contribution in [0.2, 0.25) is 0 Å². The minimum absolute atomic E-state index is 0. The molecule has 0 N–H and O–H groups in total. The Morgan fingerprint density at radius 2 is 1.22 bits per heavy atom. The van der Waals surface area contributed by atoms with Crippen LogP contribution in [0.4, 0.5) is 13.6 Å². The fraction of sp³-hybridized carbons (Fsp3) is 0. The first-order chi connectivity index (χ1) is 3.68. The van der Waals surface area contributed by atoms with Gasteiger partial charge in [-0.15, -0.1) is 0 Å². The van der Waals surface area contributed by atoms with Crippen LogP contribution >= 0.6 is 7.82 Å². The second kappa shape index (κ2) is 5.30. The summed E-state index contributed by atoms with van der Waals surface area (Å²) in [6, 6.07) is 0. The van der Waals surface area contributed by atoms with Crippen molar-refractivity contribution in [2.45, 2.75) is 0 Å². The molecule has 0 atom stereocenters. The number of hydrogen-bond donors (Lipinski definition) is 0. The van der Waals surface area contributed by atoms with Gasteiger partial charge in [-0.25, -0.2) is 4.57 Å². The van der Waals surface area contributed by atoms with E-state index < -0.39 is 7.82 Å². The van der Waals surface area contributed by atoms with Crippen molar-refractivity contribution in [3.05, 3.63) is 0 Å². The molecule has 0 heterocycles. The molecule has 9 heteroatoms. The summed E-state index contributed by atoms with van der Waals surface area (Å²) in [7, 11) is -5.16. The predicted molar refractivity (Wildman–Crippen MR) is 21.3 cm³/mol. The Balaban J connectivity index is 0. The van der Waals surface area contributed by atoms with E-state index in [2.05, 4.69) is 14.2 Å². The van der Waals surface area contributed by atoms with Crippen LogP contribution in [0.1, 0.15) is 0 Å². The van der Waals surface area contributed by atoms with Gasteiger partial charge in [-0.3, -0.25) is 0 Å². The van der Waals surface area contributed by atoms with Crippen LogP contribution in [0.5, 0.6) is 0 Å². The van der Waals surface area contributed by atoms with Crippen molar-refractivity contribution >= 4 is 26.7 Å². The average Bonchev–Trinajstić information content (AvgIpc) is 1.87. The summed E-state index contributed by atoms with van der Waals surface area (Å²) in [6.45, 7) is 0. The molecule has 0 amide bonds. The number of rotatable bonds is 3. The summed E-state index contributed by atoms with van der Waals surface area (Å²) in [5.41, 5.74) is 0. The first-order valence-corrected chi connectivity index (χ1v) is 2.65. The summed E-state index contributed by atoms with van der Waals surface area (Å²) in [4.78, 5) is 0. The molecule has 52 valence electrons. The molecule has 0 saturated carbocycles. The molecule has 0 radical (unpaired) electrons. The molecule has 0 aromatic carbocycles. The SMILES string of the molecule is O=P(OF)(OF)OF.[LiH]. The Kier molecular flexibility index (Phi) is 7.18. The van der Waals surface area contributed by atoms with Crippen molar-refractivity contribution in [3.8, 4) is 0 Å². The van der Waals surface area contributed by atoms with Gasteiger partial charge in [0.2, 0.25) is 0 Å². The molecule has 0 bridgehead atoms. The second-order valence-electron chi connectivity index (χ2n) is 0.654. The zero-order chi connectivity index (χ0) is 6.62. The molecule has 0 rings (SSSR count). The summed E-state index contributed by atoms with van der Waals surface area (Å²) in [5.74, 6) is 0. The quantitative estimate of drug-likeness (QED) is 0.458. The van der Waals surface area contributed by atoms with Crippen molar-refractivity contribution < 1.29 is 32.3 Å². The van der Waals surface area contributed by atoms with Crippen molar-refractivity contribution in [2.24, 2.45) is 0 Å². The van der Waals surface area contributed by atoms with Crippen LogP contribution in [0, 0.1) is 0 Å². The van der Waals surface area contributed by atoms with Crippen molar-refractivity contribution in [3.63, 3.8) is 0 Å². The van der Waals surface area contributed by atoms with Crippen molar-refractivity contribution in [1.29, 1.82) is 0 Å². The molecule has 0 aliphatic carbocycles. The van der Waals surface area contributed by atoms with Gasteiger partial charge in [0.15, 0.2) is 0 Å². The summed E-state index contributed by atoms with van der Waals surface area (Å²) >= 11 is 0. The molecule has 0 aliphatic rings. The maximum atomic E-state index is 10.5. The van der Waals surface area contributed by atoms with E-state index in [4.69, 9.17) is 0 Å². The standard InChI is InChI=1S/F3O4P.Li.H/c1-5-8(4,6-2)7-3;;.